The Labute approximate surface area is 311 Å². The van der Waals surface area contributed by atoms with Crippen LogP contribution in [0.5, 0.6) is 11.5 Å². The third kappa shape index (κ3) is 7.99. The maximum absolute atomic E-state index is 12.8. The van der Waals surface area contributed by atoms with E-state index < -0.39 is 24.3 Å². The number of fused-ring (bicyclic) bond motifs is 1. The van der Waals surface area contributed by atoms with Crippen molar-refractivity contribution in [2.24, 2.45) is 0 Å². The van der Waals surface area contributed by atoms with Gasteiger partial charge in [0.25, 0.3) is 0 Å². The monoisotopic (exact) mass is 736 g/mol. The number of aromatic nitrogens is 5. The first-order valence-corrected chi connectivity index (χ1v) is 18.1. The maximum atomic E-state index is 12.8. The van der Waals surface area contributed by atoms with Gasteiger partial charge >= 0.3 is 6.03 Å². The van der Waals surface area contributed by atoms with Crippen LogP contribution in [0.25, 0.3) is 11.2 Å². The molecule has 0 unspecified atom stereocenters. The number of hydrogen-bond donors (Lipinski definition) is 8. The van der Waals surface area contributed by atoms with Gasteiger partial charge in [-0.15, -0.1) is 0 Å². The highest BCUT2D eigenvalue weighted by Crippen LogP contribution is 2.36. The molecule has 5 atom stereocenters. The molecule has 1 aliphatic heterocycles. The van der Waals surface area contributed by atoms with Gasteiger partial charge in [0, 0.05) is 57.0 Å². The number of pyridine rings is 1. The molecule has 3 amide bonds. The van der Waals surface area contributed by atoms with Gasteiger partial charge in [0.1, 0.15) is 23.7 Å². The van der Waals surface area contributed by atoms with Gasteiger partial charge in [0.15, 0.2) is 17.0 Å². The predicted molar refractivity (Wildman–Crippen MR) is 200 cm³/mol. The lowest BCUT2D eigenvalue weighted by Crippen LogP contribution is -2.43. The smallest absolute Gasteiger partial charge is 0.315 e. The van der Waals surface area contributed by atoms with Gasteiger partial charge in [-0.25, -0.2) is 9.78 Å². The van der Waals surface area contributed by atoms with Crippen molar-refractivity contribution in [3.05, 3.63) is 96.1 Å². The van der Waals surface area contributed by atoms with Crippen molar-refractivity contribution in [3.63, 3.8) is 0 Å². The van der Waals surface area contributed by atoms with Crippen molar-refractivity contribution in [1.82, 2.24) is 40.5 Å². The number of rotatable bonds is 12. The Morgan fingerprint density at radius 3 is 2.26 bits per heavy atom. The molecule has 16 nitrogen and oxygen atoms in total. The molecule has 0 bridgehead atoms. The normalized spacial score (nSPS) is 21.0. The van der Waals surface area contributed by atoms with Crippen LogP contribution in [-0.2, 0) is 11.3 Å². The first kappa shape index (κ1) is 36.4. The van der Waals surface area contributed by atoms with Crippen LogP contribution in [0, 0.1) is 0 Å². The molecule has 1 saturated heterocycles. The van der Waals surface area contributed by atoms with Crippen LogP contribution < -0.4 is 26.2 Å². The van der Waals surface area contributed by atoms with Gasteiger partial charge < -0.3 is 51.2 Å². The van der Waals surface area contributed by atoms with Crippen LogP contribution in [0.2, 0.25) is 0 Å². The lowest BCUT2D eigenvalue weighted by atomic mass is 9.91. The van der Waals surface area contributed by atoms with Gasteiger partial charge in [-0.1, -0.05) is 31.2 Å². The number of carbonyl (C=O) groups excluding carboxylic acids is 2. The van der Waals surface area contributed by atoms with Crippen molar-refractivity contribution in [3.8, 4) is 11.5 Å². The molecule has 3 aromatic heterocycles. The van der Waals surface area contributed by atoms with Gasteiger partial charge in [-0.3, -0.25) is 9.78 Å². The molecule has 0 radical (unpaired) electrons. The third-order valence-corrected chi connectivity index (χ3v) is 10.2. The number of phenols is 2. The fourth-order valence-corrected chi connectivity index (χ4v) is 7.17. The molecule has 16 heteroatoms. The SMILES string of the molecule is CCC(=O)N[C@H]1C[C@@H](n2cnc3c(NCC(c4ccc(O)cc4)c4ccc(O)cc4)nc(N4CC[C@@H](NC(=O)NCc5ccncc5)C4)nc32)[C@H](O)[C@@H]1O. The number of phenolic OH excluding ortho intramolecular Hbond substituents is 2. The Bertz CT molecular complexity index is 2020. The Morgan fingerprint density at radius 2 is 1.59 bits per heavy atom. The first-order chi connectivity index (χ1) is 26.2. The fraction of sp³-hybridized carbons (Fsp3) is 0.368. The molecule has 0 spiro atoms. The number of anilines is 2. The average molecular weight is 737 g/mol. The summed E-state index contributed by atoms with van der Waals surface area (Å²) in [5, 5.41) is 54.3. The van der Waals surface area contributed by atoms with E-state index in [0.29, 0.717) is 55.5 Å². The van der Waals surface area contributed by atoms with Crippen molar-refractivity contribution < 1.29 is 30.0 Å². The summed E-state index contributed by atoms with van der Waals surface area (Å²) < 4.78 is 1.73. The molecule has 282 valence electrons. The second-order valence-corrected chi connectivity index (χ2v) is 13.7. The number of benzene rings is 2. The Hall–Kier alpha value is -6.00. The predicted octanol–water partition coefficient (Wildman–Crippen LogP) is 2.52. The molecule has 8 N–H and O–H groups in total. The number of nitrogens with zero attached hydrogens (tertiary/aromatic N) is 6. The Kier molecular flexibility index (Phi) is 10.7. The number of amides is 3. The molecule has 5 aromatic rings. The van der Waals surface area contributed by atoms with E-state index in [-0.39, 0.29) is 48.2 Å². The fourth-order valence-electron chi connectivity index (χ4n) is 7.17. The van der Waals surface area contributed by atoms with Crippen LogP contribution in [0.4, 0.5) is 16.6 Å². The van der Waals surface area contributed by atoms with E-state index in [2.05, 4.69) is 31.2 Å². The van der Waals surface area contributed by atoms with Gasteiger partial charge in [0.05, 0.1) is 18.4 Å². The van der Waals surface area contributed by atoms with Crippen molar-refractivity contribution in [1.29, 1.82) is 0 Å². The third-order valence-electron chi connectivity index (χ3n) is 10.2. The maximum Gasteiger partial charge on any atom is 0.315 e. The molecule has 54 heavy (non-hydrogen) atoms. The van der Waals surface area contributed by atoms with E-state index in [1.807, 2.05) is 41.3 Å². The number of hydrogen-bond acceptors (Lipinski definition) is 12. The summed E-state index contributed by atoms with van der Waals surface area (Å²) in [5.74, 6) is 0.670. The number of aliphatic hydroxyl groups excluding tert-OH is 2. The summed E-state index contributed by atoms with van der Waals surface area (Å²) in [6, 6.07) is 15.8. The second-order valence-electron chi connectivity index (χ2n) is 13.7. The topological polar surface area (TPSA) is 223 Å². The van der Waals surface area contributed by atoms with E-state index in [9.17, 15) is 30.0 Å². The van der Waals surface area contributed by atoms with E-state index in [4.69, 9.17) is 9.97 Å². The van der Waals surface area contributed by atoms with Crippen molar-refractivity contribution in [2.45, 2.75) is 69.0 Å². The summed E-state index contributed by atoms with van der Waals surface area (Å²) in [6.07, 6.45) is 3.70. The molecular weight excluding hydrogens is 692 g/mol. The lowest BCUT2D eigenvalue weighted by molar-refractivity contribution is -0.122. The second kappa shape index (κ2) is 15.9. The minimum atomic E-state index is -1.20. The minimum absolute atomic E-state index is 0.143. The number of aromatic hydroxyl groups is 2. The minimum Gasteiger partial charge on any atom is -0.508 e. The summed E-state index contributed by atoms with van der Waals surface area (Å²) in [4.78, 5) is 45.5. The number of nitrogens with one attached hydrogen (secondary N) is 4. The highest BCUT2D eigenvalue weighted by Gasteiger charge is 2.44. The van der Waals surface area contributed by atoms with E-state index in [1.54, 1.807) is 54.5 Å². The number of imidazole rings is 1. The summed E-state index contributed by atoms with van der Waals surface area (Å²) in [6.45, 7) is 3.45. The van der Waals surface area contributed by atoms with Crippen LogP contribution in [0.3, 0.4) is 0 Å². The highest BCUT2D eigenvalue weighted by atomic mass is 16.3. The molecular formula is C38H44N10O6. The molecule has 1 saturated carbocycles. The number of aliphatic hydroxyl groups is 2. The zero-order valence-corrected chi connectivity index (χ0v) is 29.7. The van der Waals surface area contributed by atoms with E-state index in [0.717, 1.165) is 16.7 Å². The van der Waals surface area contributed by atoms with Crippen LogP contribution >= 0.6 is 0 Å². The van der Waals surface area contributed by atoms with Crippen LogP contribution in [-0.4, -0.2) is 101 Å². The van der Waals surface area contributed by atoms with E-state index >= 15 is 0 Å². The number of carbonyl (C=O) groups is 2. The molecule has 7 rings (SSSR count). The van der Waals surface area contributed by atoms with Gasteiger partial charge in [-0.2, -0.15) is 9.97 Å². The zero-order valence-electron chi connectivity index (χ0n) is 29.7. The Balaban J connectivity index is 1.17. The standard InChI is InChI=1S/C38H44N10O6/c1-2-31(51)44-29-17-30(34(53)33(29)52)48-21-42-32-35(40-19-28(23-3-7-26(49)8-4-23)24-5-9-27(50)10-6-24)45-37(46-36(32)48)47-16-13-25(20-47)43-38(54)41-18-22-11-14-39-15-12-22/h3-12,14-15,21,25,28-30,33-34,49-50,52-53H,2,13,16-20H2,1H3,(H,44,51)(H,40,45,46)(H2,41,43,54)/t25-,29+,30-,33-,34+/m1/s1. The molecule has 1 aliphatic carbocycles. The summed E-state index contributed by atoms with van der Waals surface area (Å²) in [7, 11) is 0. The van der Waals surface area contributed by atoms with Crippen LogP contribution in [0.15, 0.2) is 79.4 Å². The largest absolute Gasteiger partial charge is 0.508 e. The quantitative estimate of drug-likeness (QED) is 0.0926. The van der Waals surface area contributed by atoms with Gasteiger partial charge in [-0.05, 0) is 65.9 Å². The van der Waals surface area contributed by atoms with Crippen molar-refractivity contribution >= 4 is 34.9 Å². The first-order valence-electron chi connectivity index (χ1n) is 18.1. The lowest BCUT2D eigenvalue weighted by Gasteiger charge is -2.22. The van der Waals surface area contributed by atoms with E-state index in [1.165, 1.54) is 0 Å². The average Bonchev–Trinajstić information content (AvgIpc) is 3.90. The molecule has 2 fully saturated rings. The Morgan fingerprint density at radius 1 is 0.907 bits per heavy atom. The van der Waals surface area contributed by atoms with Crippen LogP contribution in [0.1, 0.15) is 54.8 Å². The summed E-state index contributed by atoms with van der Waals surface area (Å²) in [5.41, 5.74) is 3.64. The summed E-state index contributed by atoms with van der Waals surface area (Å²) >= 11 is 0. The zero-order chi connectivity index (χ0) is 37.8. The molecule has 4 heterocycles. The highest BCUT2D eigenvalue weighted by molar-refractivity contribution is 5.85. The molecule has 2 aliphatic rings. The van der Waals surface area contributed by atoms with Crippen molar-refractivity contribution in [2.75, 3.05) is 29.9 Å². The molecule has 2 aromatic carbocycles. The van der Waals surface area contributed by atoms with Gasteiger partial charge in [0.2, 0.25) is 11.9 Å². The number of urea groups is 1.